The van der Waals surface area contributed by atoms with Crippen molar-refractivity contribution >= 4 is 26.5 Å². The number of hydrogen-bond acceptors (Lipinski definition) is 4. The van der Waals surface area contributed by atoms with Crippen LogP contribution in [0.4, 0.5) is 5.69 Å². The maximum absolute atomic E-state index is 13.2. The number of anilines is 1. The monoisotopic (exact) mass is 459 g/mol. The van der Waals surface area contributed by atoms with Gasteiger partial charge in [0.2, 0.25) is 0 Å². The molecule has 0 aromatic heterocycles. The van der Waals surface area contributed by atoms with E-state index < -0.39 is 16.1 Å². The van der Waals surface area contributed by atoms with Crippen molar-refractivity contribution < 1.29 is 18.3 Å². The second-order valence-electron chi connectivity index (χ2n) is 8.30. The molecule has 2 atom stereocenters. The summed E-state index contributed by atoms with van der Waals surface area (Å²) < 4.78 is 33.9. The molecule has 1 aliphatic heterocycles. The highest BCUT2D eigenvalue weighted by molar-refractivity contribution is 7.93. The van der Waals surface area contributed by atoms with Crippen molar-refractivity contribution in [3.05, 3.63) is 108 Å². The van der Waals surface area contributed by atoms with E-state index in [2.05, 4.69) is 0 Å². The van der Waals surface area contributed by atoms with Crippen molar-refractivity contribution in [2.75, 3.05) is 17.5 Å². The summed E-state index contributed by atoms with van der Waals surface area (Å²) in [6, 6.07) is 28.6. The molecule has 4 aromatic rings. The minimum atomic E-state index is -3.73. The molecule has 0 spiro atoms. The standard InChI is InChI=1S/C27H25NO4S/c1-19-9-5-6-14-23(19)27(21-10-3-2-4-11-21)32-18-22(29)17-28-24-15-7-12-20-13-8-16-25(26(20)24)33(28,30)31/h2-16,22,27,29H,17-18H2,1H3/t22-,27+/m1/s1. The highest BCUT2D eigenvalue weighted by Gasteiger charge is 2.36. The van der Waals surface area contributed by atoms with Crippen molar-refractivity contribution in [3.63, 3.8) is 0 Å². The first-order valence-electron chi connectivity index (χ1n) is 10.9. The van der Waals surface area contributed by atoms with Gasteiger partial charge in [-0.3, -0.25) is 4.31 Å². The topological polar surface area (TPSA) is 66.8 Å². The van der Waals surface area contributed by atoms with Gasteiger partial charge in [0.05, 0.1) is 29.8 Å². The summed E-state index contributed by atoms with van der Waals surface area (Å²) in [6.45, 7) is 1.94. The third-order valence-electron chi connectivity index (χ3n) is 6.09. The molecule has 0 amide bonds. The van der Waals surface area contributed by atoms with Gasteiger partial charge in [0, 0.05) is 5.39 Å². The molecular formula is C27H25NO4S. The Hall–Kier alpha value is -3.19. The molecule has 168 valence electrons. The number of ether oxygens (including phenoxy) is 1. The Kier molecular flexibility index (Phi) is 5.66. The minimum Gasteiger partial charge on any atom is -0.389 e. The molecule has 1 heterocycles. The summed E-state index contributed by atoms with van der Waals surface area (Å²) >= 11 is 0. The fourth-order valence-electron chi connectivity index (χ4n) is 4.48. The van der Waals surface area contributed by atoms with Crippen molar-refractivity contribution in [1.29, 1.82) is 0 Å². The lowest BCUT2D eigenvalue weighted by Gasteiger charge is -2.25. The summed E-state index contributed by atoms with van der Waals surface area (Å²) in [5.41, 5.74) is 3.68. The van der Waals surface area contributed by atoms with E-state index >= 15 is 0 Å². The smallest absolute Gasteiger partial charge is 0.265 e. The molecule has 5 rings (SSSR count). The minimum absolute atomic E-state index is 0.00770. The van der Waals surface area contributed by atoms with Crippen LogP contribution in [-0.2, 0) is 14.8 Å². The lowest BCUT2D eigenvalue weighted by atomic mass is 9.97. The van der Waals surface area contributed by atoms with E-state index in [0.29, 0.717) is 11.1 Å². The van der Waals surface area contributed by atoms with Crippen LogP contribution in [0.5, 0.6) is 0 Å². The molecule has 0 fully saturated rings. The molecule has 0 unspecified atom stereocenters. The van der Waals surface area contributed by atoms with Gasteiger partial charge in [-0.2, -0.15) is 0 Å². The Labute approximate surface area is 193 Å². The molecular weight excluding hydrogens is 434 g/mol. The van der Waals surface area contributed by atoms with Gasteiger partial charge in [0.25, 0.3) is 10.0 Å². The number of aryl methyl sites for hydroxylation is 1. The second-order valence-corrected chi connectivity index (χ2v) is 10.1. The Morgan fingerprint density at radius 3 is 2.33 bits per heavy atom. The van der Waals surface area contributed by atoms with E-state index in [4.69, 9.17) is 4.74 Å². The number of rotatable bonds is 7. The highest BCUT2D eigenvalue weighted by Crippen LogP contribution is 2.42. The summed E-state index contributed by atoms with van der Waals surface area (Å²) in [5.74, 6) is 0. The first-order chi connectivity index (χ1) is 16.0. The number of sulfonamides is 1. The van der Waals surface area contributed by atoms with Crippen LogP contribution in [0.3, 0.4) is 0 Å². The molecule has 0 radical (unpaired) electrons. The molecule has 6 heteroatoms. The largest absolute Gasteiger partial charge is 0.389 e. The first-order valence-corrected chi connectivity index (χ1v) is 12.4. The van der Waals surface area contributed by atoms with Gasteiger partial charge < -0.3 is 9.84 Å². The normalized spacial score (nSPS) is 16.1. The number of benzene rings is 4. The average Bonchev–Trinajstić information content (AvgIpc) is 3.04. The molecule has 1 aliphatic rings. The van der Waals surface area contributed by atoms with Gasteiger partial charge in [0.15, 0.2) is 0 Å². The van der Waals surface area contributed by atoms with Crippen LogP contribution in [0, 0.1) is 6.92 Å². The maximum atomic E-state index is 13.2. The van der Waals surface area contributed by atoms with Crippen LogP contribution in [-0.4, -0.2) is 32.8 Å². The van der Waals surface area contributed by atoms with Crippen LogP contribution in [0.2, 0.25) is 0 Å². The van der Waals surface area contributed by atoms with E-state index in [1.807, 2.05) is 79.7 Å². The predicted octanol–water partition coefficient (Wildman–Crippen LogP) is 4.82. The van der Waals surface area contributed by atoms with Crippen molar-refractivity contribution in [3.8, 4) is 0 Å². The number of aliphatic hydroxyl groups excluding tert-OH is 1. The van der Waals surface area contributed by atoms with Crippen LogP contribution in [0.15, 0.2) is 95.9 Å². The SMILES string of the molecule is Cc1ccccc1[C@@H](OC[C@H](O)CN1c2cccc3cccc(c23)S1(=O)=O)c1ccccc1. The van der Waals surface area contributed by atoms with Gasteiger partial charge in [-0.1, -0.05) is 78.9 Å². The molecule has 4 aromatic carbocycles. The number of nitrogens with zero attached hydrogens (tertiary/aromatic N) is 1. The van der Waals surface area contributed by atoms with E-state index in [-0.39, 0.29) is 24.2 Å². The second kappa shape index (κ2) is 8.63. The molecule has 1 N–H and O–H groups in total. The zero-order valence-corrected chi connectivity index (χ0v) is 19.1. The van der Waals surface area contributed by atoms with Crippen LogP contribution in [0.25, 0.3) is 10.8 Å². The Morgan fingerprint density at radius 2 is 1.58 bits per heavy atom. The summed E-state index contributed by atoms with van der Waals surface area (Å²) in [6.07, 6.45) is -1.36. The maximum Gasteiger partial charge on any atom is 0.265 e. The summed E-state index contributed by atoms with van der Waals surface area (Å²) in [4.78, 5) is 0.283. The van der Waals surface area contributed by atoms with Crippen molar-refractivity contribution in [2.45, 2.75) is 24.0 Å². The predicted molar refractivity (Wildman–Crippen MR) is 130 cm³/mol. The molecule has 0 bridgehead atoms. The average molecular weight is 460 g/mol. The fraction of sp³-hybridized carbons (Fsp3) is 0.185. The van der Waals surface area contributed by atoms with Gasteiger partial charge >= 0.3 is 0 Å². The third-order valence-corrected chi connectivity index (χ3v) is 7.91. The number of β-amino-alcohol motifs (C(OH)–C–C–N with tert-alkyl or cyclic N) is 1. The van der Waals surface area contributed by atoms with E-state index in [1.165, 1.54) is 4.31 Å². The van der Waals surface area contributed by atoms with Crippen molar-refractivity contribution in [2.24, 2.45) is 0 Å². The van der Waals surface area contributed by atoms with Gasteiger partial charge in [0.1, 0.15) is 6.10 Å². The van der Waals surface area contributed by atoms with E-state index in [9.17, 15) is 13.5 Å². The fourth-order valence-corrected chi connectivity index (χ4v) is 6.23. The number of hydrogen-bond donors (Lipinski definition) is 1. The molecule has 5 nitrogen and oxygen atoms in total. The third kappa shape index (κ3) is 3.91. The molecule has 0 saturated heterocycles. The Morgan fingerprint density at radius 1 is 0.879 bits per heavy atom. The molecule has 33 heavy (non-hydrogen) atoms. The Bertz CT molecular complexity index is 1400. The number of aliphatic hydroxyl groups is 1. The zero-order chi connectivity index (χ0) is 23.0. The van der Waals surface area contributed by atoms with Gasteiger partial charge in [-0.25, -0.2) is 8.42 Å². The van der Waals surface area contributed by atoms with Crippen LogP contribution >= 0.6 is 0 Å². The summed E-state index contributed by atoms with van der Waals surface area (Å²) in [5, 5.41) is 12.4. The van der Waals surface area contributed by atoms with Crippen molar-refractivity contribution in [1.82, 2.24) is 0 Å². The van der Waals surface area contributed by atoms with Gasteiger partial charge in [-0.05, 0) is 41.1 Å². The highest BCUT2D eigenvalue weighted by atomic mass is 32.2. The van der Waals surface area contributed by atoms with Crippen LogP contribution in [0.1, 0.15) is 22.8 Å². The quantitative estimate of drug-likeness (QED) is 0.430. The Balaban J connectivity index is 1.38. The summed E-state index contributed by atoms with van der Waals surface area (Å²) in [7, 11) is -3.73. The van der Waals surface area contributed by atoms with E-state index in [1.54, 1.807) is 18.2 Å². The first kappa shape index (κ1) is 21.6. The van der Waals surface area contributed by atoms with Gasteiger partial charge in [-0.15, -0.1) is 0 Å². The van der Waals surface area contributed by atoms with E-state index in [0.717, 1.165) is 22.1 Å². The lowest BCUT2D eigenvalue weighted by Crippen LogP contribution is -2.37. The zero-order valence-electron chi connectivity index (χ0n) is 18.3. The molecule has 0 aliphatic carbocycles. The van der Waals surface area contributed by atoms with Crippen LogP contribution < -0.4 is 4.31 Å². The molecule has 0 saturated carbocycles. The lowest BCUT2D eigenvalue weighted by molar-refractivity contribution is 0.0101.